The molecule has 3 amide bonds. The molecule has 0 bridgehead atoms. The standard InChI is InChI=1S/C17H19N5O3/c1-25-16-8-7-14(20-21-16)19-17(24)22-10-9-18-15(23)11-13(22)12-5-3-2-4-6-12/h2-8,13H,9-11H2,1H3,(H,18,23)(H,19,20,24)/t13-/m0/s1. The van der Waals surface area contributed by atoms with Gasteiger partial charge in [0.05, 0.1) is 19.6 Å². The minimum absolute atomic E-state index is 0.0756. The Balaban J connectivity index is 1.80. The summed E-state index contributed by atoms with van der Waals surface area (Å²) in [6.45, 7) is 0.810. The molecule has 8 heteroatoms. The lowest BCUT2D eigenvalue weighted by atomic mass is 10.0. The van der Waals surface area contributed by atoms with Crippen LogP contribution in [0, 0.1) is 0 Å². The summed E-state index contributed by atoms with van der Waals surface area (Å²) in [5, 5.41) is 13.3. The zero-order valence-electron chi connectivity index (χ0n) is 13.8. The van der Waals surface area contributed by atoms with Gasteiger partial charge in [-0.1, -0.05) is 30.3 Å². The Morgan fingerprint density at radius 1 is 1.24 bits per heavy atom. The molecule has 1 saturated heterocycles. The summed E-state index contributed by atoms with van der Waals surface area (Å²) in [7, 11) is 1.49. The summed E-state index contributed by atoms with van der Waals surface area (Å²) in [6.07, 6.45) is 0.214. The number of amides is 3. The molecule has 1 aliphatic rings. The molecule has 0 aliphatic carbocycles. The third-order valence-corrected chi connectivity index (χ3v) is 3.96. The average Bonchev–Trinajstić information content (AvgIpc) is 2.84. The Labute approximate surface area is 145 Å². The van der Waals surface area contributed by atoms with Crippen LogP contribution in [0.5, 0.6) is 5.88 Å². The Morgan fingerprint density at radius 2 is 2.04 bits per heavy atom. The number of benzene rings is 1. The minimum atomic E-state index is -0.338. The van der Waals surface area contributed by atoms with Gasteiger partial charge in [-0.05, 0) is 11.6 Å². The van der Waals surface area contributed by atoms with Gasteiger partial charge in [-0.3, -0.25) is 10.1 Å². The number of aromatic nitrogens is 2. The number of carbonyl (C=O) groups excluding carboxylic acids is 2. The minimum Gasteiger partial charge on any atom is -0.480 e. The van der Waals surface area contributed by atoms with Crippen LogP contribution in [0.15, 0.2) is 42.5 Å². The monoisotopic (exact) mass is 341 g/mol. The molecule has 0 saturated carbocycles. The molecule has 8 nitrogen and oxygen atoms in total. The molecule has 130 valence electrons. The molecule has 2 heterocycles. The Morgan fingerprint density at radius 3 is 2.72 bits per heavy atom. The molecule has 0 radical (unpaired) electrons. The lowest BCUT2D eigenvalue weighted by Crippen LogP contribution is -2.39. The van der Waals surface area contributed by atoms with Gasteiger partial charge in [-0.25, -0.2) is 4.79 Å². The molecule has 1 aromatic heterocycles. The summed E-state index contributed by atoms with van der Waals surface area (Å²) in [4.78, 5) is 26.3. The Hall–Kier alpha value is -3.16. The van der Waals surface area contributed by atoms with Crippen LogP contribution in [-0.2, 0) is 4.79 Å². The van der Waals surface area contributed by atoms with E-state index in [1.165, 1.54) is 7.11 Å². The van der Waals surface area contributed by atoms with Crippen molar-refractivity contribution in [1.29, 1.82) is 0 Å². The van der Waals surface area contributed by atoms with Crippen LogP contribution in [0.3, 0.4) is 0 Å². The number of carbonyl (C=O) groups is 2. The molecule has 1 aromatic carbocycles. The highest BCUT2D eigenvalue weighted by Crippen LogP contribution is 2.26. The maximum atomic E-state index is 12.7. The van der Waals surface area contributed by atoms with Gasteiger partial charge >= 0.3 is 6.03 Å². The van der Waals surface area contributed by atoms with Crippen LogP contribution in [0.1, 0.15) is 18.0 Å². The lowest BCUT2D eigenvalue weighted by Gasteiger charge is -2.29. The zero-order chi connectivity index (χ0) is 17.6. The lowest BCUT2D eigenvalue weighted by molar-refractivity contribution is -0.121. The van der Waals surface area contributed by atoms with E-state index >= 15 is 0 Å². The molecule has 1 atom stereocenters. The summed E-state index contributed by atoms with van der Waals surface area (Å²) < 4.78 is 4.95. The van der Waals surface area contributed by atoms with Crippen molar-refractivity contribution in [2.45, 2.75) is 12.5 Å². The number of ether oxygens (including phenoxy) is 1. The van der Waals surface area contributed by atoms with Gasteiger partial charge in [0.2, 0.25) is 11.8 Å². The van der Waals surface area contributed by atoms with E-state index in [1.54, 1.807) is 17.0 Å². The van der Waals surface area contributed by atoms with E-state index in [0.717, 1.165) is 5.56 Å². The first-order valence-electron chi connectivity index (χ1n) is 7.94. The Kier molecular flexibility index (Phi) is 5.08. The summed E-state index contributed by atoms with van der Waals surface area (Å²) in [5.74, 6) is 0.610. The number of anilines is 1. The third-order valence-electron chi connectivity index (χ3n) is 3.96. The first-order chi connectivity index (χ1) is 12.2. The normalized spacial score (nSPS) is 17.4. The van der Waals surface area contributed by atoms with Crippen molar-refractivity contribution in [2.24, 2.45) is 0 Å². The maximum absolute atomic E-state index is 12.7. The molecule has 0 spiro atoms. The first-order valence-corrected chi connectivity index (χ1v) is 7.94. The second-order valence-electron chi connectivity index (χ2n) is 5.57. The summed E-state index contributed by atoms with van der Waals surface area (Å²) in [5.41, 5.74) is 0.913. The van der Waals surface area contributed by atoms with Crippen molar-refractivity contribution >= 4 is 17.8 Å². The molecule has 1 fully saturated rings. The molecule has 2 aromatic rings. The van der Waals surface area contributed by atoms with Gasteiger partial charge in [0, 0.05) is 19.2 Å². The number of methoxy groups -OCH3 is 1. The van der Waals surface area contributed by atoms with Crippen LogP contribution in [0.4, 0.5) is 10.6 Å². The quantitative estimate of drug-likeness (QED) is 0.883. The highest BCUT2D eigenvalue weighted by molar-refractivity contribution is 5.89. The predicted molar refractivity (Wildman–Crippen MR) is 91.1 cm³/mol. The average molecular weight is 341 g/mol. The number of hydrogen-bond acceptors (Lipinski definition) is 5. The fourth-order valence-electron chi connectivity index (χ4n) is 2.72. The number of urea groups is 1. The van der Waals surface area contributed by atoms with E-state index in [4.69, 9.17) is 4.74 Å². The third kappa shape index (κ3) is 4.03. The number of nitrogens with zero attached hydrogens (tertiary/aromatic N) is 3. The second-order valence-corrected chi connectivity index (χ2v) is 5.57. The largest absolute Gasteiger partial charge is 0.480 e. The second kappa shape index (κ2) is 7.61. The zero-order valence-corrected chi connectivity index (χ0v) is 13.8. The number of hydrogen-bond donors (Lipinski definition) is 2. The smallest absolute Gasteiger partial charge is 0.323 e. The van der Waals surface area contributed by atoms with E-state index in [0.29, 0.717) is 24.8 Å². The Bertz CT molecular complexity index is 736. The van der Waals surface area contributed by atoms with Crippen LogP contribution in [0.2, 0.25) is 0 Å². The summed E-state index contributed by atoms with van der Waals surface area (Å²) in [6, 6.07) is 12.1. The van der Waals surface area contributed by atoms with Crippen LogP contribution in [-0.4, -0.2) is 47.2 Å². The molecule has 3 rings (SSSR count). The van der Waals surface area contributed by atoms with E-state index in [1.807, 2.05) is 30.3 Å². The predicted octanol–water partition coefficient (Wildman–Crippen LogP) is 1.58. The van der Waals surface area contributed by atoms with Crippen molar-refractivity contribution in [3.63, 3.8) is 0 Å². The molecule has 2 N–H and O–H groups in total. The SMILES string of the molecule is COc1ccc(NC(=O)N2CCNC(=O)C[C@H]2c2ccccc2)nn1. The van der Waals surface area contributed by atoms with Gasteiger partial charge in [-0.2, -0.15) is 0 Å². The van der Waals surface area contributed by atoms with Gasteiger partial charge < -0.3 is 15.0 Å². The molecule has 0 unspecified atom stereocenters. The maximum Gasteiger partial charge on any atom is 0.323 e. The fourth-order valence-corrected chi connectivity index (χ4v) is 2.72. The van der Waals surface area contributed by atoms with Crippen LogP contribution >= 0.6 is 0 Å². The van der Waals surface area contributed by atoms with E-state index in [2.05, 4.69) is 20.8 Å². The molecular formula is C17H19N5O3. The topological polar surface area (TPSA) is 96.5 Å². The number of nitrogens with one attached hydrogen (secondary N) is 2. The highest BCUT2D eigenvalue weighted by Gasteiger charge is 2.30. The van der Waals surface area contributed by atoms with E-state index < -0.39 is 0 Å². The van der Waals surface area contributed by atoms with Gasteiger partial charge in [0.15, 0.2) is 5.82 Å². The van der Waals surface area contributed by atoms with E-state index in [9.17, 15) is 9.59 Å². The van der Waals surface area contributed by atoms with Crippen molar-refractivity contribution in [3.05, 3.63) is 48.0 Å². The van der Waals surface area contributed by atoms with Gasteiger partial charge in [0.25, 0.3) is 0 Å². The van der Waals surface area contributed by atoms with Crippen molar-refractivity contribution < 1.29 is 14.3 Å². The van der Waals surface area contributed by atoms with Crippen LogP contribution in [0.25, 0.3) is 0 Å². The van der Waals surface area contributed by atoms with Gasteiger partial charge in [0.1, 0.15) is 0 Å². The first kappa shape index (κ1) is 16.7. The van der Waals surface area contributed by atoms with Gasteiger partial charge in [-0.15, -0.1) is 10.2 Å². The fraction of sp³-hybridized carbons (Fsp3) is 0.294. The van der Waals surface area contributed by atoms with Crippen LogP contribution < -0.4 is 15.4 Å². The van der Waals surface area contributed by atoms with Crippen molar-refractivity contribution in [3.8, 4) is 5.88 Å². The van der Waals surface area contributed by atoms with E-state index in [-0.39, 0.29) is 24.4 Å². The summed E-state index contributed by atoms with van der Waals surface area (Å²) >= 11 is 0. The molecule has 25 heavy (non-hydrogen) atoms. The van der Waals surface area contributed by atoms with Crippen molar-refractivity contribution in [1.82, 2.24) is 20.4 Å². The molecule has 1 aliphatic heterocycles. The number of rotatable bonds is 3. The van der Waals surface area contributed by atoms with Crippen molar-refractivity contribution in [2.75, 3.05) is 25.5 Å². The highest BCUT2D eigenvalue weighted by atomic mass is 16.5. The molecular weight excluding hydrogens is 322 g/mol.